The average molecular weight is 846 g/mol. The van der Waals surface area contributed by atoms with E-state index in [0.717, 1.165) is 96.3 Å². The van der Waals surface area contributed by atoms with Gasteiger partial charge in [0.05, 0.1) is 13.2 Å². The fourth-order valence-electron chi connectivity index (χ4n) is 5.91. The lowest BCUT2D eigenvalue weighted by Gasteiger charge is -2.19. The van der Waals surface area contributed by atoms with Crippen molar-refractivity contribution in [2.75, 3.05) is 26.4 Å². The number of rotatable bonds is 42. The van der Waals surface area contributed by atoms with E-state index in [1.807, 2.05) is 0 Å². The second-order valence-corrected chi connectivity index (χ2v) is 16.3. The van der Waals surface area contributed by atoms with E-state index >= 15 is 0 Å². The van der Waals surface area contributed by atoms with Gasteiger partial charge < -0.3 is 20.1 Å². The van der Waals surface area contributed by atoms with Crippen molar-refractivity contribution >= 4 is 19.8 Å². The molecule has 0 bridgehead atoms. The van der Waals surface area contributed by atoms with E-state index in [1.54, 1.807) is 0 Å². The highest BCUT2D eigenvalue weighted by Crippen LogP contribution is 2.43. The van der Waals surface area contributed by atoms with E-state index in [2.05, 4.69) is 98.9 Å². The molecule has 9 nitrogen and oxygen atoms in total. The van der Waals surface area contributed by atoms with E-state index < -0.39 is 32.5 Å². The summed E-state index contributed by atoms with van der Waals surface area (Å²) in [6.07, 6.45) is 56.2. The number of phosphoric ester groups is 1. The Morgan fingerprint density at radius 3 is 1.39 bits per heavy atom. The van der Waals surface area contributed by atoms with E-state index in [0.29, 0.717) is 6.42 Å². The molecular formula is C49H84NO8P. The van der Waals surface area contributed by atoms with Gasteiger partial charge in [-0.1, -0.05) is 182 Å². The first-order valence-corrected chi connectivity index (χ1v) is 24.6. The molecule has 0 saturated carbocycles. The van der Waals surface area contributed by atoms with Gasteiger partial charge >= 0.3 is 19.8 Å². The number of esters is 2. The average Bonchev–Trinajstić information content (AvgIpc) is 3.22. The van der Waals surface area contributed by atoms with Crippen molar-refractivity contribution in [3.63, 3.8) is 0 Å². The van der Waals surface area contributed by atoms with Crippen LogP contribution in [0.1, 0.15) is 181 Å². The molecule has 0 radical (unpaired) electrons. The summed E-state index contributed by atoms with van der Waals surface area (Å²) in [5.41, 5.74) is 5.35. The van der Waals surface area contributed by atoms with Crippen molar-refractivity contribution in [2.24, 2.45) is 5.73 Å². The minimum Gasteiger partial charge on any atom is -0.462 e. The number of nitrogens with two attached hydrogens (primary N) is 1. The van der Waals surface area contributed by atoms with Gasteiger partial charge in [0.1, 0.15) is 6.61 Å². The van der Waals surface area contributed by atoms with E-state index in [9.17, 15) is 19.0 Å². The van der Waals surface area contributed by atoms with Crippen LogP contribution in [0.5, 0.6) is 0 Å². The Kier molecular flexibility index (Phi) is 42.6. The lowest BCUT2D eigenvalue weighted by atomic mass is 10.1. The molecule has 0 rings (SSSR count). The first-order chi connectivity index (χ1) is 28.8. The number of carbonyl (C=O) groups excluding carboxylic acids is 2. The van der Waals surface area contributed by atoms with Crippen LogP contribution in [0.2, 0.25) is 0 Å². The van der Waals surface area contributed by atoms with Crippen LogP contribution < -0.4 is 5.73 Å². The molecule has 338 valence electrons. The Hall–Kier alpha value is -2.81. The highest BCUT2D eigenvalue weighted by molar-refractivity contribution is 7.47. The third-order valence-electron chi connectivity index (χ3n) is 9.30. The van der Waals surface area contributed by atoms with Crippen molar-refractivity contribution in [3.05, 3.63) is 85.1 Å². The van der Waals surface area contributed by atoms with Crippen molar-refractivity contribution < 1.29 is 37.6 Å². The van der Waals surface area contributed by atoms with Gasteiger partial charge in [-0.2, -0.15) is 0 Å². The Labute approximate surface area is 360 Å². The van der Waals surface area contributed by atoms with Gasteiger partial charge in [0.15, 0.2) is 6.10 Å². The standard InChI is InChI=1S/C49H84NO8P/c1-3-5-7-9-11-13-15-16-17-18-19-20-21-22-23-24-25-26-27-28-29-30-32-34-36-38-40-42-49(52)58-47(46-57-59(53,54)56-44-43-50)45-55-48(51)41-39-37-35-33-31-14-12-10-8-6-4-2/h5,7,11,13,16-17,19-20,22-23,25-26,28-29,47H,3-4,6,8-10,12,14-15,18,21,24,27,30-46,50H2,1-2H3,(H,53,54)/b7-5-,13-11-,17-16-,20-19-,23-22-,26-25-,29-28-. The maximum absolute atomic E-state index is 12.6. The quantitative estimate of drug-likeness (QED) is 0.0266. The number of ether oxygens (including phenoxy) is 2. The van der Waals surface area contributed by atoms with Crippen LogP contribution in [-0.2, 0) is 32.7 Å². The van der Waals surface area contributed by atoms with Crippen LogP contribution in [0.4, 0.5) is 0 Å². The van der Waals surface area contributed by atoms with Crippen molar-refractivity contribution in [1.82, 2.24) is 0 Å². The Bertz CT molecular complexity index is 1240. The second-order valence-electron chi connectivity index (χ2n) is 14.9. The zero-order valence-corrected chi connectivity index (χ0v) is 38.1. The number of hydrogen-bond donors (Lipinski definition) is 2. The normalized spacial score (nSPS) is 14.0. The summed E-state index contributed by atoms with van der Waals surface area (Å²) in [5, 5.41) is 0. The number of carbonyl (C=O) groups is 2. The predicted molar refractivity (Wildman–Crippen MR) is 247 cm³/mol. The molecule has 0 aromatic heterocycles. The van der Waals surface area contributed by atoms with Crippen LogP contribution in [0, 0.1) is 0 Å². The zero-order valence-electron chi connectivity index (χ0n) is 37.2. The van der Waals surface area contributed by atoms with Gasteiger partial charge in [-0.3, -0.25) is 18.6 Å². The molecule has 3 N–H and O–H groups in total. The third kappa shape index (κ3) is 44.6. The van der Waals surface area contributed by atoms with E-state index in [4.69, 9.17) is 24.3 Å². The lowest BCUT2D eigenvalue weighted by molar-refractivity contribution is -0.161. The van der Waals surface area contributed by atoms with Crippen molar-refractivity contribution in [2.45, 2.75) is 187 Å². The van der Waals surface area contributed by atoms with E-state index in [-0.39, 0.29) is 32.6 Å². The molecule has 59 heavy (non-hydrogen) atoms. The summed E-state index contributed by atoms with van der Waals surface area (Å²) < 4.78 is 32.8. The molecule has 0 aliphatic carbocycles. The van der Waals surface area contributed by atoms with Gasteiger partial charge in [-0.15, -0.1) is 0 Å². The molecule has 0 aliphatic heterocycles. The van der Waals surface area contributed by atoms with Gasteiger partial charge in [-0.05, 0) is 70.6 Å². The summed E-state index contributed by atoms with van der Waals surface area (Å²) in [6.45, 7) is 3.57. The smallest absolute Gasteiger partial charge is 0.462 e. The first-order valence-electron chi connectivity index (χ1n) is 23.1. The molecule has 10 heteroatoms. The van der Waals surface area contributed by atoms with Gasteiger partial charge in [0.2, 0.25) is 0 Å². The Morgan fingerprint density at radius 1 is 0.525 bits per heavy atom. The fourth-order valence-corrected chi connectivity index (χ4v) is 6.67. The van der Waals surface area contributed by atoms with Gasteiger partial charge in [-0.25, -0.2) is 4.57 Å². The maximum Gasteiger partial charge on any atom is 0.472 e. The van der Waals surface area contributed by atoms with Crippen LogP contribution >= 0.6 is 7.82 Å². The highest BCUT2D eigenvalue weighted by Gasteiger charge is 2.26. The molecule has 2 unspecified atom stereocenters. The topological polar surface area (TPSA) is 134 Å². The summed E-state index contributed by atoms with van der Waals surface area (Å²) in [4.78, 5) is 34.9. The SMILES string of the molecule is CC/C=C\C/C=C\C/C=C\C/C=C\C/C=C\C/C=C\C/C=C\CCCCCCCC(=O)OC(COC(=O)CCCCCCCCCCCCC)COP(=O)(O)OCCN. The largest absolute Gasteiger partial charge is 0.472 e. The predicted octanol–water partition coefficient (Wildman–Crippen LogP) is 13.6. The molecule has 0 aromatic carbocycles. The molecule has 0 aromatic rings. The van der Waals surface area contributed by atoms with Gasteiger partial charge in [0, 0.05) is 19.4 Å². The maximum atomic E-state index is 12.6. The number of hydrogen-bond acceptors (Lipinski definition) is 8. The van der Waals surface area contributed by atoms with Gasteiger partial charge in [0.25, 0.3) is 0 Å². The molecule has 0 heterocycles. The number of unbranched alkanes of at least 4 members (excludes halogenated alkanes) is 15. The first kappa shape index (κ1) is 56.2. The van der Waals surface area contributed by atoms with Crippen molar-refractivity contribution in [1.29, 1.82) is 0 Å². The monoisotopic (exact) mass is 846 g/mol. The number of allylic oxidation sites excluding steroid dienone is 14. The Morgan fingerprint density at radius 2 is 0.932 bits per heavy atom. The molecule has 0 aliphatic rings. The number of phosphoric acid groups is 1. The summed E-state index contributed by atoms with van der Waals surface area (Å²) in [7, 11) is -4.39. The highest BCUT2D eigenvalue weighted by atomic mass is 31.2. The van der Waals surface area contributed by atoms with Crippen molar-refractivity contribution in [3.8, 4) is 0 Å². The minimum absolute atomic E-state index is 0.0464. The zero-order chi connectivity index (χ0) is 43.2. The molecule has 0 saturated heterocycles. The van der Waals surface area contributed by atoms with Crippen LogP contribution in [-0.4, -0.2) is 49.3 Å². The lowest BCUT2D eigenvalue weighted by Crippen LogP contribution is -2.29. The molecule has 0 amide bonds. The minimum atomic E-state index is -4.39. The summed E-state index contributed by atoms with van der Waals surface area (Å²) >= 11 is 0. The molecule has 0 fully saturated rings. The second kappa shape index (κ2) is 44.7. The Balaban J connectivity index is 4.14. The fraction of sp³-hybridized carbons (Fsp3) is 0.673. The summed E-state index contributed by atoms with van der Waals surface area (Å²) in [5.74, 6) is -0.856. The molecule has 0 spiro atoms. The van der Waals surface area contributed by atoms with Crippen LogP contribution in [0.25, 0.3) is 0 Å². The molecule has 2 atom stereocenters. The van der Waals surface area contributed by atoms with Crippen LogP contribution in [0.3, 0.4) is 0 Å². The molecular weight excluding hydrogens is 762 g/mol. The van der Waals surface area contributed by atoms with E-state index in [1.165, 1.54) is 51.4 Å². The summed E-state index contributed by atoms with van der Waals surface area (Å²) in [6, 6.07) is 0. The third-order valence-corrected chi connectivity index (χ3v) is 10.3. The van der Waals surface area contributed by atoms with Crippen LogP contribution in [0.15, 0.2) is 85.1 Å².